The summed E-state index contributed by atoms with van der Waals surface area (Å²) in [4.78, 5) is 29.2. The second-order valence-corrected chi connectivity index (χ2v) is 7.85. The van der Waals surface area contributed by atoms with E-state index in [9.17, 15) is 9.59 Å². The summed E-state index contributed by atoms with van der Waals surface area (Å²) < 4.78 is 0.640. The Hall–Kier alpha value is -2.22. The van der Waals surface area contributed by atoms with Crippen LogP contribution in [-0.4, -0.2) is 16.8 Å². The highest BCUT2D eigenvalue weighted by atomic mass is 35.5. The molecule has 8 heteroatoms. The lowest BCUT2D eigenvalue weighted by atomic mass is 10.2. The molecule has 1 unspecified atom stereocenters. The van der Waals surface area contributed by atoms with Crippen LogP contribution in [-0.2, 0) is 9.59 Å². The van der Waals surface area contributed by atoms with Gasteiger partial charge in [0, 0.05) is 27.7 Å². The van der Waals surface area contributed by atoms with Crippen molar-refractivity contribution in [3.8, 4) is 10.6 Å². The van der Waals surface area contributed by atoms with Crippen molar-refractivity contribution in [2.24, 2.45) is 0 Å². The van der Waals surface area contributed by atoms with Crippen LogP contribution in [0.25, 0.3) is 10.6 Å². The number of carbonyl (C=O) groups excluding carboxylic acids is 2. The molecule has 0 saturated carbocycles. The van der Waals surface area contributed by atoms with Crippen molar-refractivity contribution in [1.29, 1.82) is 0 Å². The monoisotopic (exact) mass is 391 g/mol. The molecule has 2 amide bonds. The van der Waals surface area contributed by atoms with Crippen LogP contribution in [0, 0.1) is 0 Å². The Balaban J connectivity index is 1.58. The molecule has 25 heavy (non-hydrogen) atoms. The predicted octanol–water partition coefficient (Wildman–Crippen LogP) is 4.34. The summed E-state index contributed by atoms with van der Waals surface area (Å²) in [6.45, 7) is 1.80. The first kappa shape index (κ1) is 17.6. The molecule has 3 rings (SSSR count). The highest BCUT2D eigenvalue weighted by Crippen LogP contribution is 2.26. The molecule has 0 spiro atoms. The SMILES string of the molecule is CC(NC(=O)C(=O)Nc1ccc(-c2nccs2)cc1)c1ccc(Cl)s1. The third-order valence-corrected chi connectivity index (χ3v) is 5.63. The summed E-state index contributed by atoms with van der Waals surface area (Å²) in [6, 6.07) is 10.5. The number of thiophene rings is 1. The molecule has 128 valence electrons. The maximum Gasteiger partial charge on any atom is 0.313 e. The summed E-state index contributed by atoms with van der Waals surface area (Å²) in [7, 11) is 0. The average molecular weight is 392 g/mol. The van der Waals surface area contributed by atoms with E-state index in [1.54, 1.807) is 31.3 Å². The number of nitrogens with one attached hydrogen (secondary N) is 2. The maximum absolute atomic E-state index is 12.0. The van der Waals surface area contributed by atoms with E-state index in [1.165, 1.54) is 22.7 Å². The van der Waals surface area contributed by atoms with Crippen LogP contribution in [0.15, 0.2) is 48.0 Å². The van der Waals surface area contributed by atoms with Gasteiger partial charge in [-0.05, 0) is 43.3 Å². The van der Waals surface area contributed by atoms with Gasteiger partial charge in [0.15, 0.2) is 0 Å². The lowest BCUT2D eigenvalue weighted by Gasteiger charge is -2.12. The van der Waals surface area contributed by atoms with E-state index in [2.05, 4.69) is 15.6 Å². The number of aromatic nitrogens is 1. The topological polar surface area (TPSA) is 71.1 Å². The third kappa shape index (κ3) is 4.45. The third-order valence-electron chi connectivity index (χ3n) is 3.40. The first-order valence-electron chi connectivity index (χ1n) is 7.40. The van der Waals surface area contributed by atoms with Gasteiger partial charge < -0.3 is 10.6 Å². The van der Waals surface area contributed by atoms with Crippen LogP contribution in [0.4, 0.5) is 5.69 Å². The first-order valence-corrected chi connectivity index (χ1v) is 9.47. The van der Waals surface area contributed by atoms with Gasteiger partial charge in [0.25, 0.3) is 0 Å². The molecular formula is C17H14ClN3O2S2. The first-order chi connectivity index (χ1) is 12.0. The number of amides is 2. The van der Waals surface area contributed by atoms with Gasteiger partial charge in [-0.1, -0.05) is 11.6 Å². The Bertz CT molecular complexity index is 876. The fourth-order valence-corrected chi connectivity index (χ4v) is 3.85. The fourth-order valence-electron chi connectivity index (χ4n) is 2.14. The number of hydrogen-bond donors (Lipinski definition) is 2. The van der Waals surface area contributed by atoms with Gasteiger partial charge in [-0.3, -0.25) is 9.59 Å². The summed E-state index contributed by atoms with van der Waals surface area (Å²) in [6.07, 6.45) is 1.74. The van der Waals surface area contributed by atoms with Gasteiger partial charge in [-0.25, -0.2) is 4.98 Å². The summed E-state index contributed by atoms with van der Waals surface area (Å²) in [5.74, 6) is -1.41. The highest BCUT2D eigenvalue weighted by molar-refractivity contribution is 7.16. The number of rotatable bonds is 4. The fraction of sp³-hybridized carbons (Fsp3) is 0.118. The zero-order valence-electron chi connectivity index (χ0n) is 13.2. The molecule has 0 aliphatic carbocycles. The second-order valence-electron chi connectivity index (χ2n) is 5.21. The minimum atomic E-state index is -0.712. The molecule has 2 aromatic heterocycles. The van der Waals surface area contributed by atoms with Crippen LogP contribution in [0.1, 0.15) is 17.8 Å². The van der Waals surface area contributed by atoms with Crippen LogP contribution in [0.3, 0.4) is 0 Å². The Morgan fingerprint density at radius 3 is 2.48 bits per heavy atom. The molecule has 1 atom stereocenters. The minimum Gasteiger partial charge on any atom is -0.340 e. The van der Waals surface area contributed by atoms with Crippen molar-refractivity contribution in [2.75, 3.05) is 5.32 Å². The number of thiazole rings is 1. The van der Waals surface area contributed by atoms with Gasteiger partial charge in [0.1, 0.15) is 5.01 Å². The van der Waals surface area contributed by atoms with Gasteiger partial charge >= 0.3 is 11.8 Å². The van der Waals surface area contributed by atoms with Crippen molar-refractivity contribution in [3.63, 3.8) is 0 Å². The van der Waals surface area contributed by atoms with Crippen molar-refractivity contribution < 1.29 is 9.59 Å². The van der Waals surface area contributed by atoms with Crippen molar-refractivity contribution in [2.45, 2.75) is 13.0 Å². The van der Waals surface area contributed by atoms with Crippen LogP contribution >= 0.6 is 34.3 Å². The number of hydrogen-bond acceptors (Lipinski definition) is 5. The molecule has 0 aliphatic heterocycles. The van der Waals surface area contributed by atoms with Gasteiger partial charge in [-0.15, -0.1) is 22.7 Å². The van der Waals surface area contributed by atoms with E-state index < -0.39 is 11.8 Å². The molecule has 0 aliphatic rings. The predicted molar refractivity (Wildman–Crippen MR) is 102 cm³/mol. The Kier molecular flexibility index (Phi) is 5.47. The second kappa shape index (κ2) is 7.77. The van der Waals surface area contributed by atoms with Crippen LogP contribution in [0.5, 0.6) is 0 Å². The lowest BCUT2D eigenvalue weighted by Crippen LogP contribution is -2.36. The average Bonchev–Trinajstić information content (AvgIpc) is 3.27. The van der Waals surface area contributed by atoms with Gasteiger partial charge in [-0.2, -0.15) is 0 Å². The Morgan fingerprint density at radius 1 is 1.12 bits per heavy atom. The Morgan fingerprint density at radius 2 is 1.88 bits per heavy atom. The lowest BCUT2D eigenvalue weighted by molar-refractivity contribution is -0.136. The van der Waals surface area contributed by atoms with E-state index in [0.717, 1.165) is 15.4 Å². The van der Waals surface area contributed by atoms with E-state index >= 15 is 0 Å². The molecule has 1 aromatic carbocycles. The maximum atomic E-state index is 12.0. The molecule has 3 aromatic rings. The standard InChI is InChI=1S/C17H14ClN3O2S2/c1-10(13-6-7-14(18)25-13)20-15(22)16(23)21-12-4-2-11(3-5-12)17-19-8-9-24-17/h2-10H,1H3,(H,20,22)(H,21,23). The zero-order chi connectivity index (χ0) is 17.8. The van der Waals surface area contributed by atoms with Crippen molar-refractivity contribution in [1.82, 2.24) is 10.3 Å². The summed E-state index contributed by atoms with van der Waals surface area (Å²) in [5.41, 5.74) is 1.51. The highest BCUT2D eigenvalue weighted by Gasteiger charge is 2.18. The number of carbonyl (C=O) groups is 2. The van der Waals surface area contributed by atoms with Crippen LogP contribution < -0.4 is 10.6 Å². The van der Waals surface area contributed by atoms with Gasteiger partial charge in [0.2, 0.25) is 0 Å². The number of nitrogens with zero attached hydrogens (tertiary/aromatic N) is 1. The van der Waals surface area contributed by atoms with E-state index in [0.29, 0.717) is 10.0 Å². The van der Waals surface area contributed by atoms with E-state index in [-0.39, 0.29) is 6.04 Å². The smallest absolute Gasteiger partial charge is 0.313 e. The molecular weight excluding hydrogens is 378 g/mol. The minimum absolute atomic E-state index is 0.289. The Labute approximate surface area is 157 Å². The number of halogens is 1. The number of benzene rings is 1. The van der Waals surface area contributed by atoms with Gasteiger partial charge in [0.05, 0.1) is 10.4 Å². The molecule has 5 nitrogen and oxygen atoms in total. The zero-order valence-corrected chi connectivity index (χ0v) is 15.5. The quantitative estimate of drug-likeness (QED) is 0.650. The number of anilines is 1. The molecule has 0 radical (unpaired) electrons. The molecule has 2 heterocycles. The molecule has 0 bridgehead atoms. The summed E-state index contributed by atoms with van der Waals surface area (Å²) in [5, 5.41) is 8.04. The normalized spacial score (nSPS) is 11.8. The molecule has 0 saturated heterocycles. The largest absolute Gasteiger partial charge is 0.340 e. The summed E-state index contributed by atoms with van der Waals surface area (Å²) >= 11 is 8.79. The molecule has 2 N–H and O–H groups in total. The van der Waals surface area contributed by atoms with Crippen molar-refractivity contribution in [3.05, 3.63) is 57.2 Å². The molecule has 0 fully saturated rings. The van der Waals surface area contributed by atoms with E-state index in [1.807, 2.05) is 23.6 Å². The van der Waals surface area contributed by atoms with E-state index in [4.69, 9.17) is 11.6 Å². The van der Waals surface area contributed by atoms with Crippen LogP contribution in [0.2, 0.25) is 4.34 Å². The van der Waals surface area contributed by atoms with Crippen molar-refractivity contribution >= 4 is 51.8 Å².